The molecule has 0 atom stereocenters. The fraction of sp³-hybridized carbons (Fsp3) is 0.417. The minimum Gasteiger partial charge on any atom is -0.311 e. The quantitative estimate of drug-likeness (QED) is 0.408. The number of rotatable bonds is 12. The van der Waals surface area contributed by atoms with E-state index >= 15 is 0 Å². The van der Waals surface area contributed by atoms with Crippen molar-refractivity contribution >= 4 is 0 Å². The van der Waals surface area contributed by atoms with Gasteiger partial charge < -0.3 is 5.32 Å². The highest BCUT2D eigenvalue weighted by Gasteiger charge is 2.14. The maximum atomic E-state index is 14.0. The molecule has 29 heavy (non-hydrogen) atoms. The lowest BCUT2D eigenvalue weighted by Crippen LogP contribution is -2.16. The number of hydrogen-bond acceptors (Lipinski definition) is 3. The molecule has 3 aromatic rings. The lowest BCUT2D eigenvalue weighted by atomic mass is 10.1. The highest BCUT2D eigenvalue weighted by atomic mass is 19.1. The first-order valence-corrected chi connectivity index (χ1v) is 10.7. The van der Waals surface area contributed by atoms with E-state index in [0.29, 0.717) is 18.7 Å². The first-order valence-electron chi connectivity index (χ1n) is 10.7. The summed E-state index contributed by atoms with van der Waals surface area (Å²) in [6, 6.07) is 16.8. The van der Waals surface area contributed by atoms with Crippen molar-refractivity contribution in [3.63, 3.8) is 0 Å². The van der Waals surface area contributed by atoms with Gasteiger partial charge in [0.05, 0.1) is 6.54 Å². The zero-order valence-electron chi connectivity index (χ0n) is 17.3. The fourth-order valence-corrected chi connectivity index (χ4v) is 3.41. The van der Waals surface area contributed by atoms with Crippen LogP contribution < -0.4 is 5.32 Å². The summed E-state index contributed by atoms with van der Waals surface area (Å²) in [4.78, 5) is 1.60. The number of nitrogens with one attached hydrogen (secondary N) is 1. The Hall–Kier alpha value is -2.53. The van der Waals surface area contributed by atoms with Gasteiger partial charge in [-0.25, -0.2) is 4.39 Å². The number of benzene rings is 2. The van der Waals surface area contributed by atoms with E-state index in [4.69, 9.17) is 0 Å². The normalized spacial score (nSPS) is 11.1. The highest BCUT2D eigenvalue weighted by molar-refractivity contribution is 5.60. The predicted molar refractivity (Wildman–Crippen MR) is 116 cm³/mol. The van der Waals surface area contributed by atoms with Crippen molar-refractivity contribution in [2.45, 2.75) is 58.5 Å². The Morgan fingerprint density at radius 1 is 0.862 bits per heavy atom. The molecule has 0 saturated carbocycles. The lowest BCUT2D eigenvalue weighted by molar-refractivity contribution is 0.538. The van der Waals surface area contributed by atoms with Crippen LogP contribution in [0.2, 0.25) is 0 Å². The van der Waals surface area contributed by atoms with Crippen LogP contribution >= 0.6 is 0 Å². The molecule has 5 heteroatoms. The Bertz CT molecular complexity index is 860. The summed E-state index contributed by atoms with van der Waals surface area (Å²) in [6.45, 7) is 4.20. The molecule has 154 valence electrons. The summed E-state index contributed by atoms with van der Waals surface area (Å²) < 4.78 is 14.0. The first kappa shape index (κ1) is 21.2. The van der Waals surface area contributed by atoms with Crippen molar-refractivity contribution in [3.8, 4) is 11.3 Å². The first-order chi connectivity index (χ1) is 14.3. The molecule has 0 aliphatic carbocycles. The minimum absolute atomic E-state index is 0.228. The van der Waals surface area contributed by atoms with Gasteiger partial charge in [-0.3, -0.25) is 0 Å². The Morgan fingerprint density at radius 2 is 1.59 bits per heavy atom. The smallest absolute Gasteiger partial charge is 0.128 e. The van der Waals surface area contributed by atoms with Gasteiger partial charge in [-0.1, -0.05) is 87.6 Å². The van der Waals surface area contributed by atoms with Crippen LogP contribution in [0.25, 0.3) is 11.3 Å². The molecule has 0 aliphatic rings. The van der Waals surface area contributed by atoms with Crippen molar-refractivity contribution in [3.05, 3.63) is 71.7 Å². The minimum atomic E-state index is -0.228. The third kappa shape index (κ3) is 6.50. The second kappa shape index (κ2) is 11.5. The van der Waals surface area contributed by atoms with Crippen LogP contribution in [-0.2, 0) is 13.1 Å². The number of unbranched alkanes of at least 4 members (excludes halogenated alkanes) is 5. The second-order valence-corrected chi connectivity index (χ2v) is 7.43. The fourth-order valence-electron chi connectivity index (χ4n) is 3.41. The highest BCUT2D eigenvalue weighted by Crippen LogP contribution is 2.20. The average molecular weight is 395 g/mol. The molecule has 4 nitrogen and oxygen atoms in total. The molecule has 0 amide bonds. The molecular formula is C24H31FN4. The average Bonchev–Trinajstić information content (AvgIpc) is 3.15. The van der Waals surface area contributed by atoms with Gasteiger partial charge in [0, 0.05) is 17.7 Å². The molecule has 0 bridgehead atoms. The number of halogens is 1. The van der Waals surface area contributed by atoms with Gasteiger partial charge in [0.25, 0.3) is 0 Å². The van der Waals surface area contributed by atoms with E-state index in [0.717, 1.165) is 23.5 Å². The maximum absolute atomic E-state index is 14.0. The van der Waals surface area contributed by atoms with E-state index in [-0.39, 0.29) is 5.82 Å². The van der Waals surface area contributed by atoms with E-state index in [1.54, 1.807) is 16.9 Å². The van der Waals surface area contributed by atoms with Crippen LogP contribution in [0.1, 0.15) is 56.7 Å². The van der Waals surface area contributed by atoms with E-state index in [2.05, 4.69) is 22.4 Å². The third-order valence-corrected chi connectivity index (χ3v) is 5.04. The van der Waals surface area contributed by atoms with Crippen LogP contribution in [0.3, 0.4) is 0 Å². The molecule has 0 unspecified atom stereocenters. The van der Waals surface area contributed by atoms with Crippen LogP contribution in [0.5, 0.6) is 0 Å². The molecule has 2 aromatic carbocycles. The molecule has 1 aromatic heterocycles. The van der Waals surface area contributed by atoms with Crippen molar-refractivity contribution in [1.82, 2.24) is 20.3 Å². The van der Waals surface area contributed by atoms with Crippen LogP contribution in [0.4, 0.5) is 4.39 Å². The zero-order valence-corrected chi connectivity index (χ0v) is 17.3. The monoisotopic (exact) mass is 394 g/mol. The summed E-state index contributed by atoms with van der Waals surface area (Å²) >= 11 is 0. The summed E-state index contributed by atoms with van der Waals surface area (Å²) in [5, 5.41) is 12.8. The molecule has 0 saturated heterocycles. The molecule has 1 N–H and O–H groups in total. The van der Waals surface area contributed by atoms with Crippen molar-refractivity contribution in [1.29, 1.82) is 0 Å². The molecule has 0 fully saturated rings. The third-order valence-electron chi connectivity index (χ3n) is 5.04. The van der Waals surface area contributed by atoms with E-state index in [1.807, 2.05) is 36.4 Å². The van der Waals surface area contributed by atoms with Crippen LogP contribution in [0, 0.1) is 5.82 Å². The molecule has 0 radical (unpaired) electrons. The Labute approximate surface area is 173 Å². The molecular weight excluding hydrogens is 363 g/mol. The van der Waals surface area contributed by atoms with Crippen molar-refractivity contribution < 1.29 is 4.39 Å². The number of hydrogen-bond donors (Lipinski definition) is 1. The Morgan fingerprint density at radius 3 is 2.38 bits per heavy atom. The maximum Gasteiger partial charge on any atom is 0.128 e. The molecule has 0 aliphatic heterocycles. The SMILES string of the molecule is CCCCCCCCNCc1nn(Cc2ccccc2F)nc1-c1ccccc1. The summed E-state index contributed by atoms with van der Waals surface area (Å²) in [6.07, 6.45) is 7.69. The second-order valence-electron chi connectivity index (χ2n) is 7.43. The van der Waals surface area contributed by atoms with E-state index < -0.39 is 0 Å². The van der Waals surface area contributed by atoms with Gasteiger partial charge in [0.1, 0.15) is 17.2 Å². The van der Waals surface area contributed by atoms with E-state index in [1.165, 1.54) is 44.6 Å². The van der Waals surface area contributed by atoms with Gasteiger partial charge >= 0.3 is 0 Å². The summed E-state index contributed by atoms with van der Waals surface area (Å²) in [5.41, 5.74) is 3.38. The topological polar surface area (TPSA) is 42.7 Å². The number of aromatic nitrogens is 3. The van der Waals surface area contributed by atoms with Crippen LogP contribution in [0.15, 0.2) is 54.6 Å². The Balaban J connectivity index is 1.63. The van der Waals surface area contributed by atoms with Gasteiger partial charge in [-0.2, -0.15) is 15.0 Å². The van der Waals surface area contributed by atoms with Gasteiger partial charge in [0.2, 0.25) is 0 Å². The van der Waals surface area contributed by atoms with E-state index in [9.17, 15) is 4.39 Å². The lowest BCUT2D eigenvalue weighted by Gasteiger charge is -2.04. The predicted octanol–water partition coefficient (Wildman–Crippen LogP) is 5.58. The number of nitrogens with zero attached hydrogens (tertiary/aromatic N) is 3. The van der Waals surface area contributed by atoms with Gasteiger partial charge in [-0.05, 0) is 19.0 Å². The van der Waals surface area contributed by atoms with Gasteiger partial charge in [0.15, 0.2) is 0 Å². The standard InChI is InChI=1S/C24H31FN4/c1-2-3-4-5-6-12-17-26-18-23-24(20-13-8-7-9-14-20)28-29(27-23)19-21-15-10-11-16-22(21)25/h7-11,13-16,26H,2-6,12,17-19H2,1H3. The van der Waals surface area contributed by atoms with Gasteiger partial charge in [-0.15, -0.1) is 0 Å². The van der Waals surface area contributed by atoms with Crippen molar-refractivity contribution in [2.75, 3.05) is 6.54 Å². The molecule has 3 rings (SSSR count). The zero-order chi connectivity index (χ0) is 20.3. The summed E-state index contributed by atoms with van der Waals surface area (Å²) in [5.74, 6) is -0.228. The van der Waals surface area contributed by atoms with Crippen molar-refractivity contribution in [2.24, 2.45) is 0 Å². The molecule has 1 heterocycles. The summed E-state index contributed by atoms with van der Waals surface area (Å²) in [7, 11) is 0. The Kier molecular flexibility index (Phi) is 8.38. The molecule has 0 spiro atoms. The van der Waals surface area contributed by atoms with Crippen LogP contribution in [-0.4, -0.2) is 21.5 Å². The largest absolute Gasteiger partial charge is 0.311 e.